The van der Waals surface area contributed by atoms with Crippen molar-refractivity contribution in [3.05, 3.63) is 28.5 Å². The Labute approximate surface area is 165 Å². The molecule has 28 heavy (non-hydrogen) atoms. The monoisotopic (exact) mass is 397 g/mol. The van der Waals surface area contributed by atoms with Gasteiger partial charge in [0.25, 0.3) is 0 Å². The number of rotatable bonds is 7. The highest BCUT2D eigenvalue weighted by Gasteiger charge is 2.51. The Morgan fingerprint density at radius 2 is 2.07 bits per heavy atom. The van der Waals surface area contributed by atoms with Crippen molar-refractivity contribution in [2.75, 3.05) is 19.7 Å². The van der Waals surface area contributed by atoms with E-state index in [1.54, 1.807) is 39.8 Å². The Balaban J connectivity index is 2.10. The van der Waals surface area contributed by atoms with E-state index in [1.165, 1.54) is 6.92 Å². The number of aliphatic hydroxyl groups is 2. The number of hydroxylamine groups is 3. The van der Waals surface area contributed by atoms with Gasteiger partial charge in [-0.1, -0.05) is 19.9 Å². The maximum Gasteiger partial charge on any atom is 0.341 e. The first kappa shape index (κ1) is 22.5. The number of allylic oxidation sites excluding steroid dienone is 1. The summed E-state index contributed by atoms with van der Waals surface area (Å²) in [5.41, 5.74) is -0.995. The number of esters is 2. The van der Waals surface area contributed by atoms with E-state index in [2.05, 4.69) is 0 Å². The molecule has 0 spiro atoms. The van der Waals surface area contributed by atoms with Gasteiger partial charge < -0.3 is 29.5 Å². The highest BCUT2D eigenvalue weighted by Crippen LogP contribution is 2.38. The molecule has 2 heterocycles. The van der Waals surface area contributed by atoms with E-state index in [0.717, 1.165) is 0 Å². The van der Waals surface area contributed by atoms with Crippen molar-refractivity contribution >= 4 is 11.9 Å². The van der Waals surface area contributed by atoms with E-state index in [0.29, 0.717) is 24.1 Å². The summed E-state index contributed by atoms with van der Waals surface area (Å²) < 4.78 is 10.3. The zero-order chi connectivity index (χ0) is 21.3. The van der Waals surface area contributed by atoms with Gasteiger partial charge in [-0.05, 0) is 32.8 Å². The number of nitrogens with zero attached hydrogens (tertiary/aromatic N) is 1. The third-order valence-corrected chi connectivity index (χ3v) is 5.92. The molecule has 0 radical (unpaired) electrons. The number of aliphatic hydroxyl groups excluding tert-OH is 1. The predicted molar refractivity (Wildman–Crippen MR) is 102 cm³/mol. The number of carbonyl (C=O) groups is 2. The maximum atomic E-state index is 13.0. The summed E-state index contributed by atoms with van der Waals surface area (Å²) in [4.78, 5) is 24.5. The fraction of sp³-hybridized carbons (Fsp3) is 0.700. The molecule has 158 valence electrons. The van der Waals surface area contributed by atoms with Crippen molar-refractivity contribution in [3.8, 4) is 0 Å². The van der Waals surface area contributed by atoms with Crippen molar-refractivity contribution in [2.24, 2.45) is 5.92 Å². The van der Waals surface area contributed by atoms with Gasteiger partial charge in [-0.15, -0.1) is 0 Å². The predicted octanol–water partition coefficient (Wildman–Crippen LogP) is 1.20. The summed E-state index contributed by atoms with van der Waals surface area (Å²) in [7, 11) is 0. The van der Waals surface area contributed by atoms with Gasteiger partial charge in [-0.3, -0.25) is 0 Å². The molecule has 0 saturated carbocycles. The number of ether oxygens (including phenoxy) is 2. The van der Waals surface area contributed by atoms with Crippen molar-refractivity contribution in [2.45, 2.75) is 64.9 Å². The number of hydrogen-bond donors (Lipinski definition) is 2. The zero-order valence-corrected chi connectivity index (χ0v) is 17.2. The van der Waals surface area contributed by atoms with Gasteiger partial charge in [-0.25, -0.2) is 9.59 Å². The normalized spacial score (nSPS) is 30.5. The molecule has 8 nitrogen and oxygen atoms in total. The highest BCUT2D eigenvalue weighted by atomic mass is 16.6. The van der Waals surface area contributed by atoms with Crippen LogP contribution in [-0.4, -0.2) is 70.3 Å². The second-order valence-electron chi connectivity index (χ2n) is 8.02. The zero-order valence-electron chi connectivity index (χ0n) is 17.2. The van der Waals surface area contributed by atoms with Crippen LogP contribution >= 0.6 is 0 Å². The van der Waals surface area contributed by atoms with Crippen LogP contribution in [0.1, 0.15) is 41.0 Å². The molecule has 5 atom stereocenters. The molecular weight excluding hydrogens is 366 g/mol. The third-order valence-electron chi connectivity index (χ3n) is 5.92. The van der Waals surface area contributed by atoms with Crippen LogP contribution < -0.4 is 0 Å². The molecule has 2 aliphatic heterocycles. The molecule has 0 aromatic heterocycles. The molecule has 2 rings (SSSR count). The maximum absolute atomic E-state index is 13.0. The molecular formula is C20H31NO7. The summed E-state index contributed by atoms with van der Waals surface area (Å²) in [6.45, 7) is 8.27. The lowest BCUT2D eigenvalue weighted by Crippen LogP contribution is -2.53. The topological polar surface area (TPSA) is 116 Å². The van der Waals surface area contributed by atoms with Crippen LogP contribution in [0, 0.1) is 11.1 Å². The van der Waals surface area contributed by atoms with Crippen LogP contribution in [0.15, 0.2) is 23.3 Å². The minimum atomic E-state index is -2.03. The minimum absolute atomic E-state index is 0.190. The third kappa shape index (κ3) is 4.00. The van der Waals surface area contributed by atoms with E-state index in [9.17, 15) is 25.0 Å². The molecule has 1 unspecified atom stereocenters. The van der Waals surface area contributed by atoms with Crippen molar-refractivity contribution < 1.29 is 33.9 Å². The first-order valence-electron chi connectivity index (χ1n) is 9.65. The van der Waals surface area contributed by atoms with Crippen LogP contribution in [0.4, 0.5) is 0 Å². The van der Waals surface area contributed by atoms with E-state index in [1.807, 2.05) is 0 Å². The summed E-state index contributed by atoms with van der Waals surface area (Å²) in [6.07, 6.45) is 1.90. The Hall–Kier alpha value is -1.74. The summed E-state index contributed by atoms with van der Waals surface area (Å²) in [6, 6.07) is -0.625. The molecule has 1 fully saturated rings. The Kier molecular flexibility index (Phi) is 6.70. The number of hydrogen-bond acceptors (Lipinski definition) is 7. The van der Waals surface area contributed by atoms with Gasteiger partial charge >= 0.3 is 11.9 Å². The molecule has 0 aromatic carbocycles. The average molecular weight is 397 g/mol. The fourth-order valence-electron chi connectivity index (χ4n) is 3.85. The largest absolute Gasteiger partial charge is 0.632 e. The summed E-state index contributed by atoms with van der Waals surface area (Å²) in [5.74, 6) is -1.96. The van der Waals surface area contributed by atoms with Gasteiger partial charge in [0.1, 0.15) is 6.61 Å². The van der Waals surface area contributed by atoms with Crippen LogP contribution in [-0.2, 0) is 19.1 Å². The summed E-state index contributed by atoms with van der Waals surface area (Å²) >= 11 is 0. The standard InChI is InChI=1S/C20H31NO7/c1-6-13(4)18(23)28-16-8-10-21(26)9-7-15(17(16)21)11-27-19(24)20(25,12(2)3)14(5)22/h6-7,12,14,16-17,22,25H,8-11H2,1-5H3/b13-6-/t14-,16+,17+,20-,21?/m0/s1. The van der Waals surface area contributed by atoms with E-state index in [4.69, 9.17) is 9.47 Å². The second kappa shape index (κ2) is 8.32. The Morgan fingerprint density at radius 3 is 2.61 bits per heavy atom. The molecule has 0 bridgehead atoms. The van der Waals surface area contributed by atoms with Gasteiger partial charge in [0.15, 0.2) is 17.7 Å². The lowest BCUT2D eigenvalue weighted by Gasteiger charge is -2.40. The SMILES string of the molecule is C/C=C(/C)C(=O)O[C@@H]1CC[N+]2([O-])CC=C(COC(=O)[C@](O)(C(C)C)[C@H](C)O)[C@H]12. The number of carbonyl (C=O) groups excluding carboxylic acids is 2. The van der Waals surface area contributed by atoms with Gasteiger partial charge in [0, 0.05) is 17.6 Å². The Bertz CT molecular complexity index is 674. The van der Waals surface area contributed by atoms with Gasteiger partial charge in [0.2, 0.25) is 0 Å². The first-order valence-corrected chi connectivity index (χ1v) is 9.65. The second-order valence-corrected chi connectivity index (χ2v) is 8.02. The highest BCUT2D eigenvalue weighted by molar-refractivity contribution is 5.87. The van der Waals surface area contributed by atoms with Crippen LogP contribution in [0.5, 0.6) is 0 Å². The van der Waals surface area contributed by atoms with Crippen LogP contribution in [0.25, 0.3) is 0 Å². The van der Waals surface area contributed by atoms with E-state index in [-0.39, 0.29) is 13.2 Å². The first-order chi connectivity index (χ1) is 13.0. The van der Waals surface area contributed by atoms with Gasteiger partial charge in [-0.2, -0.15) is 0 Å². The van der Waals surface area contributed by atoms with Crippen LogP contribution in [0.2, 0.25) is 0 Å². The fourth-order valence-corrected chi connectivity index (χ4v) is 3.85. The smallest absolute Gasteiger partial charge is 0.341 e. The molecule has 2 N–H and O–H groups in total. The molecule has 0 amide bonds. The number of quaternary nitrogens is 1. The molecule has 1 saturated heterocycles. The number of fused-ring (bicyclic) bond motifs is 1. The molecule has 0 aromatic rings. The van der Waals surface area contributed by atoms with Crippen molar-refractivity contribution in [3.63, 3.8) is 0 Å². The van der Waals surface area contributed by atoms with E-state index < -0.39 is 46.4 Å². The van der Waals surface area contributed by atoms with Crippen LogP contribution in [0.3, 0.4) is 0 Å². The molecule has 0 aliphatic carbocycles. The lowest BCUT2D eigenvalue weighted by molar-refractivity contribution is -0.877. The quantitative estimate of drug-likeness (QED) is 0.218. The van der Waals surface area contributed by atoms with Crippen molar-refractivity contribution in [1.82, 2.24) is 0 Å². The van der Waals surface area contributed by atoms with Crippen molar-refractivity contribution in [1.29, 1.82) is 0 Å². The molecule has 2 aliphatic rings. The minimum Gasteiger partial charge on any atom is -0.632 e. The molecule has 8 heteroatoms. The Morgan fingerprint density at radius 1 is 1.43 bits per heavy atom. The summed E-state index contributed by atoms with van der Waals surface area (Å²) in [5, 5.41) is 33.4. The lowest BCUT2D eigenvalue weighted by atomic mass is 9.85. The van der Waals surface area contributed by atoms with E-state index >= 15 is 0 Å². The average Bonchev–Trinajstić information content (AvgIpc) is 3.13. The van der Waals surface area contributed by atoms with Gasteiger partial charge in [0.05, 0.1) is 19.2 Å².